The van der Waals surface area contributed by atoms with E-state index < -0.39 is 37.0 Å². The number of hydrogen-bond acceptors (Lipinski definition) is 3. The molecule has 0 radical (unpaired) electrons. The molecule has 11 heteroatoms. The van der Waals surface area contributed by atoms with Crippen molar-refractivity contribution in [3.8, 4) is 0 Å². The highest BCUT2D eigenvalue weighted by Gasteiger charge is 2.50. The highest BCUT2D eigenvalue weighted by Crippen LogP contribution is 2.54. The van der Waals surface area contributed by atoms with Gasteiger partial charge in [-0.2, -0.15) is 13.2 Å². The van der Waals surface area contributed by atoms with Gasteiger partial charge in [0.25, 0.3) is 0 Å². The fourth-order valence-electron chi connectivity index (χ4n) is 2.21. The first-order valence-electron chi connectivity index (χ1n) is 7.58. The van der Waals surface area contributed by atoms with Crippen molar-refractivity contribution in [3.05, 3.63) is 34.7 Å². The summed E-state index contributed by atoms with van der Waals surface area (Å²) in [4.78, 5) is 0.489. The Kier molecular flexibility index (Phi) is 6.67. The monoisotopic (exact) mass is 436 g/mol. The molecule has 0 aliphatic heterocycles. The van der Waals surface area contributed by atoms with Gasteiger partial charge in [0.2, 0.25) is 0 Å². The molecule has 154 valence electrons. The molecule has 1 aromatic carbocycles. The number of alkyl halides is 6. The lowest BCUT2D eigenvalue weighted by molar-refractivity contribution is -0.0869. The third kappa shape index (κ3) is 5.82. The molecule has 0 aliphatic carbocycles. The van der Waals surface area contributed by atoms with E-state index in [1.807, 2.05) is 39.8 Å². The van der Waals surface area contributed by atoms with Gasteiger partial charge in [0.1, 0.15) is 0 Å². The van der Waals surface area contributed by atoms with E-state index in [1.54, 1.807) is 12.1 Å². The van der Waals surface area contributed by atoms with Crippen molar-refractivity contribution < 1.29 is 39.3 Å². The minimum absolute atomic E-state index is 0.426. The number of rotatable bonds is 1. The topological polar surface area (TPSA) is 57.2 Å². The Labute approximate surface area is 155 Å². The number of hydrogen-bond donors (Lipinski definition) is 0. The van der Waals surface area contributed by atoms with Crippen molar-refractivity contribution >= 4 is 30.7 Å². The van der Waals surface area contributed by atoms with Gasteiger partial charge in [-0.25, -0.2) is 8.42 Å². The molecule has 1 heterocycles. The Morgan fingerprint density at radius 1 is 1.00 bits per heavy atom. The Bertz CT molecular complexity index is 903. The molecule has 0 fully saturated rings. The van der Waals surface area contributed by atoms with Crippen LogP contribution < -0.4 is 0 Å². The third-order valence-electron chi connectivity index (χ3n) is 3.46. The lowest BCUT2D eigenvalue weighted by Gasteiger charge is -2.13. The van der Waals surface area contributed by atoms with Crippen LogP contribution in [-0.4, -0.2) is 18.5 Å². The Hall–Kier alpha value is -1.33. The molecular formula is C16H18F6O3S2. The van der Waals surface area contributed by atoms with E-state index in [0.29, 0.717) is 9.58 Å². The molecule has 2 rings (SSSR count). The van der Waals surface area contributed by atoms with Gasteiger partial charge in [-0.15, -0.1) is 13.2 Å². The lowest BCUT2D eigenvalue weighted by atomic mass is 9.94. The summed E-state index contributed by atoms with van der Waals surface area (Å²) in [6.45, 7) is 7.54. The van der Waals surface area contributed by atoms with Crippen LogP contribution in [0.3, 0.4) is 0 Å². The normalized spacial score (nSPS) is 14.1. The van der Waals surface area contributed by atoms with E-state index in [-0.39, 0.29) is 0 Å². The summed E-state index contributed by atoms with van der Waals surface area (Å²) in [5, 5.41) is 0.741. The standard InChI is InChI=1S/C15H18F3S.CHF3O3S/c1-5-10-6-7-12-11(8-10)9-13(14(2,3)4)19(12)15(16,17)18;2-1(3,4)8(5,6)7/h6-9H,5H2,1-4H3;(H,5,6,7)/q+1;/p-1. The van der Waals surface area contributed by atoms with Crippen molar-refractivity contribution in [1.82, 2.24) is 0 Å². The van der Waals surface area contributed by atoms with Crippen LogP contribution in [0.5, 0.6) is 0 Å². The van der Waals surface area contributed by atoms with Crippen molar-refractivity contribution in [2.45, 2.75) is 50.5 Å². The zero-order chi connectivity index (χ0) is 21.4. The second-order valence-electron chi connectivity index (χ2n) is 6.64. The Morgan fingerprint density at radius 2 is 1.48 bits per heavy atom. The van der Waals surface area contributed by atoms with E-state index in [0.717, 1.165) is 17.4 Å². The van der Waals surface area contributed by atoms with Gasteiger partial charge >= 0.3 is 11.0 Å². The van der Waals surface area contributed by atoms with Gasteiger partial charge in [-0.1, -0.05) is 33.8 Å². The molecule has 0 N–H and O–H groups in total. The second kappa shape index (κ2) is 7.59. The largest absolute Gasteiger partial charge is 0.741 e. The molecule has 0 bridgehead atoms. The van der Waals surface area contributed by atoms with Gasteiger partial charge in [-0.3, -0.25) is 0 Å². The first kappa shape index (κ1) is 23.7. The maximum Gasteiger partial charge on any atom is 0.600 e. The van der Waals surface area contributed by atoms with Crippen LogP contribution in [0.15, 0.2) is 24.3 Å². The number of aryl methyl sites for hydroxylation is 1. The smallest absolute Gasteiger partial charge is 0.600 e. The summed E-state index contributed by atoms with van der Waals surface area (Å²) in [6.07, 6.45) is 0.839. The summed E-state index contributed by atoms with van der Waals surface area (Å²) < 4.78 is 99.4. The summed E-state index contributed by atoms with van der Waals surface area (Å²) in [5.41, 5.74) is -9.23. The molecule has 0 saturated heterocycles. The quantitative estimate of drug-likeness (QED) is 0.239. The van der Waals surface area contributed by atoms with Crippen molar-refractivity contribution in [2.24, 2.45) is 0 Å². The number of halogens is 6. The number of benzene rings is 1. The number of fused-ring (bicyclic) bond motifs is 1. The molecule has 3 nitrogen and oxygen atoms in total. The summed E-state index contributed by atoms with van der Waals surface area (Å²) in [5.74, 6) is 0. The van der Waals surface area contributed by atoms with Gasteiger partial charge < -0.3 is 4.55 Å². The predicted molar refractivity (Wildman–Crippen MR) is 91.6 cm³/mol. The molecule has 1 atom stereocenters. The molecular weight excluding hydrogens is 418 g/mol. The van der Waals surface area contributed by atoms with Crippen LogP contribution >= 0.6 is 10.5 Å². The van der Waals surface area contributed by atoms with Crippen LogP contribution in [0, 0.1) is 0 Å². The SMILES string of the molecule is CCc1ccc2c(c1)cc(C(C)(C)C)[s+]2C(F)(F)F.O=S(=O)([O-])C(F)(F)F. The highest BCUT2D eigenvalue weighted by molar-refractivity contribution is 7.86. The number of thiophene rings is 1. The fraction of sp³-hybridized carbons (Fsp3) is 0.500. The van der Waals surface area contributed by atoms with Crippen LogP contribution in [0.2, 0.25) is 0 Å². The molecule has 27 heavy (non-hydrogen) atoms. The summed E-state index contributed by atoms with van der Waals surface area (Å²) in [7, 11) is -7.87. The van der Waals surface area contributed by atoms with Gasteiger partial charge in [0.05, 0.1) is 10.5 Å². The van der Waals surface area contributed by atoms with E-state index in [2.05, 4.69) is 0 Å². The first-order valence-corrected chi connectivity index (χ1v) is 10.2. The molecule has 1 unspecified atom stereocenters. The van der Waals surface area contributed by atoms with Crippen LogP contribution in [0.25, 0.3) is 10.1 Å². The average Bonchev–Trinajstić information content (AvgIpc) is 2.84. The maximum absolute atomic E-state index is 13.4. The van der Waals surface area contributed by atoms with Crippen LogP contribution in [-0.2, 0) is 27.5 Å². The van der Waals surface area contributed by atoms with Gasteiger partial charge in [0, 0.05) is 16.9 Å². The van der Waals surface area contributed by atoms with Crippen LogP contribution in [0.4, 0.5) is 26.3 Å². The molecule has 0 amide bonds. The lowest BCUT2D eigenvalue weighted by Crippen LogP contribution is -2.21. The van der Waals surface area contributed by atoms with Crippen molar-refractivity contribution in [2.75, 3.05) is 0 Å². The predicted octanol–water partition coefficient (Wildman–Crippen LogP) is 5.98. The molecule has 0 saturated carbocycles. The molecule has 0 aliphatic rings. The Balaban J connectivity index is 0.000000387. The van der Waals surface area contributed by atoms with Gasteiger partial charge in [-0.05, 0) is 24.1 Å². The molecule has 1 aromatic heterocycles. The second-order valence-corrected chi connectivity index (χ2v) is 9.96. The Morgan fingerprint density at radius 3 is 1.81 bits per heavy atom. The minimum atomic E-state index is -6.09. The fourth-order valence-corrected chi connectivity index (χ4v) is 4.36. The molecule has 2 aromatic rings. The van der Waals surface area contributed by atoms with Crippen LogP contribution in [0.1, 0.15) is 38.1 Å². The van der Waals surface area contributed by atoms with Gasteiger partial charge in [0.15, 0.2) is 19.7 Å². The summed E-state index contributed by atoms with van der Waals surface area (Å²) in [6, 6.07) is 7.09. The highest BCUT2D eigenvalue weighted by atomic mass is 32.2. The van der Waals surface area contributed by atoms with E-state index >= 15 is 0 Å². The first-order chi connectivity index (χ1) is 11.9. The minimum Gasteiger partial charge on any atom is -0.741 e. The third-order valence-corrected chi connectivity index (χ3v) is 6.47. The zero-order valence-corrected chi connectivity index (χ0v) is 16.5. The molecule has 0 spiro atoms. The van der Waals surface area contributed by atoms with E-state index in [1.165, 1.54) is 0 Å². The summed E-state index contributed by atoms with van der Waals surface area (Å²) >= 11 is 0. The van der Waals surface area contributed by atoms with Crippen molar-refractivity contribution in [1.29, 1.82) is 0 Å². The van der Waals surface area contributed by atoms with E-state index in [4.69, 9.17) is 13.0 Å². The van der Waals surface area contributed by atoms with Crippen molar-refractivity contribution in [3.63, 3.8) is 0 Å². The maximum atomic E-state index is 13.4. The average molecular weight is 436 g/mol. The zero-order valence-electron chi connectivity index (χ0n) is 14.8. The van der Waals surface area contributed by atoms with E-state index in [9.17, 15) is 26.3 Å².